The Labute approximate surface area is 143 Å². The van der Waals surface area contributed by atoms with Crippen molar-refractivity contribution in [1.29, 1.82) is 0 Å². The third-order valence-corrected chi connectivity index (χ3v) is 3.81. The Kier molecular flexibility index (Phi) is 6.36. The highest BCUT2D eigenvalue weighted by Gasteiger charge is 2.12. The molecule has 0 aliphatic heterocycles. The lowest BCUT2D eigenvalue weighted by Gasteiger charge is -2.12. The predicted octanol–water partition coefficient (Wildman–Crippen LogP) is 5.05. The van der Waals surface area contributed by atoms with Gasteiger partial charge in [-0.3, -0.25) is 4.79 Å². The van der Waals surface area contributed by atoms with Gasteiger partial charge >= 0.3 is 0 Å². The van der Waals surface area contributed by atoms with Crippen LogP contribution in [0, 0.1) is 5.82 Å². The molecular weight excluding hydrogens is 305 g/mol. The van der Waals surface area contributed by atoms with Gasteiger partial charge < -0.3 is 9.64 Å². The van der Waals surface area contributed by atoms with Crippen LogP contribution in [0.4, 0.5) is 4.39 Å². The van der Waals surface area contributed by atoms with Crippen LogP contribution in [-0.2, 0) is 6.42 Å². The Hall–Kier alpha value is -2.36. The molecule has 4 heteroatoms. The molecule has 0 N–H and O–H groups in total. The van der Waals surface area contributed by atoms with E-state index < -0.39 is 5.82 Å². The Balaban J connectivity index is 2.04. The van der Waals surface area contributed by atoms with Gasteiger partial charge in [0.25, 0.3) is 5.91 Å². The minimum absolute atomic E-state index is 0.115. The van der Waals surface area contributed by atoms with Crippen LogP contribution in [0.25, 0.3) is 0 Å². The highest BCUT2D eigenvalue weighted by Crippen LogP contribution is 2.26. The van der Waals surface area contributed by atoms with E-state index in [4.69, 9.17) is 4.74 Å². The number of hydrogen-bond acceptors (Lipinski definition) is 2. The molecule has 0 fully saturated rings. The largest absolute Gasteiger partial charge is 0.454 e. The molecule has 3 nitrogen and oxygen atoms in total. The van der Waals surface area contributed by atoms with Crippen LogP contribution in [-0.4, -0.2) is 24.9 Å². The first-order valence-corrected chi connectivity index (χ1v) is 8.29. The zero-order valence-electron chi connectivity index (χ0n) is 14.5. The molecular formula is C20H24FNO2. The van der Waals surface area contributed by atoms with Gasteiger partial charge in [-0.25, -0.2) is 4.39 Å². The smallest absolute Gasteiger partial charge is 0.253 e. The number of amides is 1. The lowest BCUT2D eigenvalue weighted by molar-refractivity contribution is 0.0827. The highest BCUT2D eigenvalue weighted by molar-refractivity contribution is 5.94. The number of rotatable bonds is 7. The lowest BCUT2D eigenvalue weighted by Crippen LogP contribution is -2.21. The molecule has 2 aromatic carbocycles. The summed E-state index contributed by atoms with van der Waals surface area (Å²) in [6.45, 7) is 2.18. The van der Waals surface area contributed by atoms with Crippen molar-refractivity contribution in [2.75, 3.05) is 14.1 Å². The molecule has 2 rings (SSSR count). The van der Waals surface area contributed by atoms with Gasteiger partial charge in [0.05, 0.1) is 0 Å². The molecule has 0 saturated carbocycles. The van der Waals surface area contributed by atoms with Gasteiger partial charge in [0.15, 0.2) is 11.6 Å². The maximum Gasteiger partial charge on any atom is 0.253 e. The fourth-order valence-electron chi connectivity index (χ4n) is 2.41. The number of carbonyl (C=O) groups excluding carboxylic acids is 1. The second-order valence-corrected chi connectivity index (χ2v) is 6.05. The lowest BCUT2D eigenvalue weighted by atomic mass is 10.1. The van der Waals surface area contributed by atoms with E-state index in [0.29, 0.717) is 11.3 Å². The number of unbranched alkanes of at least 4 members (excludes halogenated alkanes) is 2. The molecule has 0 unspecified atom stereocenters. The standard InChI is InChI=1S/C20H24FNO2/c1-4-5-6-7-15-8-11-17(12-9-15)24-19-13-10-16(14-18(19)21)20(23)22(2)3/h8-14H,4-7H2,1-3H3. The van der Waals surface area contributed by atoms with Crippen molar-refractivity contribution in [3.8, 4) is 11.5 Å². The van der Waals surface area contributed by atoms with Gasteiger partial charge in [-0.2, -0.15) is 0 Å². The highest BCUT2D eigenvalue weighted by atomic mass is 19.1. The van der Waals surface area contributed by atoms with Crippen LogP contribution >= 0.6 is 0 Å². The number of aryl methyl sites for hydroxylation is 1. The molecule has 0 spiro atoms. The summed E-state index contributed by atoms with van der Waals surface area (Å²) in [5, 5.41) is 0. The molecule has 0 atom stereocenters. The average molecular weight is 329 g/mol. The maximum atomic E-state index is 14.1. The second kappa shape index (κ2) is 8.48. The number of ether oxygens (including phenoxy) is 1. The summed E-state index contributed by atoms with van der Waals surface area (Å²) in [4.78, 5) is 13.2. The number of halogens is 1. The van der Waals surface area contributed by atoms with E-state index in [1.807, 2.05) is 24.3 Å². The Morgan fingerprint density at radius 2 is 1.79 bits per heavy atom. The molecule has 128 valence electrons. The number of carbonyl (C=O) groups is 1. The van der Waals surface area contributed by atoms with Crippen molar-refractivity contribution in [2.24, 2.45) is 0 Å². The first-order valence-electron chi connectivity index (χ1n) is 8.29. The van der Waals surface area contributed by atoms with Gasteiger partial charge in [-0.1, -0.05) is 31.9 Å². The summed E-state index contributed by atoms with van der Waals surface area (Å²) in [6, 6.07) is 12.0. The molecule has 0 bridgehead atoms. The summed E-state index contributed by atoms with van der Waals surface area (Å²) in [7, 11) is 3.26. The van der Waals surface area contributed by atoms with Gasteiger partial charge in [0, 0.05) is 19.7 Å². The third-order valence-electron chi connectivity index (χ3n) is 3.81. The van der Waals surface area contributed by atoms with Gasteiger partial charge in [0.1, 0.15) is 5.75 Å². The quantitative estimate of drug-likeness (QED) is 0.665. The van der Waals surface area contributed by atoms with E-state index in [0.717, 1.165) is 6.42 Å². The predicted molar refractivity (Wildman–Crippen MR) is 94.2 cm³/mol. The fraction of sp³-hybridized carbons (Fsp3) is 0.350. The molecule has 2 aromatic rings. The van der Waals surface area contributed by atoms with Crippen molar-refractivity contribution < 1.29 is 13.9 Å². The van der Waals surface area contributed by atoms with E-state index in [9.17, 15) is 9.18 Å². The van der Waals surface area contributed by atoms with E-state index in [1.165, 1.54) is 41.9 Å². The minimum atomic E-state index is -0.547. The monoisotopic (exact) mass is 329 g/mol. The zero-order chi connectivity index (χ0) is 17.5. The summed E-state index contributed by atoms with van der Waals surface area (Å²) in [5.41, 5.74) is 1.55. The van der Waals surface area contributed by atoms with Crippen molar-refractivity contribution in [3.05, 3.63) is 59.4 Å². The SMILES string of the molecule is CCCCCc1ccc(Oc2ccc(C(=O)N(C)C)cc2F)cc1. The van der Waals surface area contributed by atoms with Crippen molar-refractivity contribution >= 4 is 5.91 Å². The van der Waals surface area contributed by atoms with Crippen LogP contribution in [0.2, 0.25) is 0 Å². The summed E-state index contributed by atoms with van der Waals surface area (Å²) in [6.07, 6.45) is 4.64. The summed E-state index contributed by atoms with van der Waals surface area (Å²) in [5.74, 6) is -0.0875. The van der Waals surface area contributed by atoms with Crippen LogP contribution < -0.4 is 4.74 Å². The van der Waals surface area contributed by atoms with E-state index in [-0.39, 0.29) is 11.7 Å². The average Bonchev–Trinajstić information content (AvgIpc) is 2.57. The molecule has 0 aromatic heterocycles. The zero-order valence-corrected chi connectivity index (χ0v) is 14.5. The second-order valence-electron chi connectivity index (χ2n) is 6.05. The Bertz CT molecular complexity index is 681. The molecule has 0 saturated heterocycles. The topological polar surface area (TPSA) is 29.5 Å². The number of nitrogens with zero attached hydrogens (tertiary/aromatic N) is 1. The fourth-order valence-corrected chi connectivity index (χ4v) is 2.41. The van der Waals surface area contributed by atoms with E-state index in [2.05, 4.69) is 6.92 Å². The maximum absolute atomic E-state index is 14.1. The van der Waals surface area contributed by atoms with Crippen LogP contribution in [0.5, 0.6) is 11.5 Å². The third kappa shape index (κ3) is 4.82. The van der Waals surface area contributed by atoms with Crippen molar-refractivity contribution in [2.45, 2.75) is 32.6 Å². The molecule has 0 aliphatic rings. The Morgan fingerprint density at radius 1 is 1.08 bits per heavy atom. The first kappa shape index (κ1) is 18.0. The normalized spacial score (nSPS) is 10.5. The van der Waals surface area contributed by atoms with Gasteiger partial charge in [-0.15, -0.1) is 0 Å². The summed E-state index contributed by atoms with van der Waals surface area (Å²) >= 11 is 0. The molecule has 0 heterocycles. The Morgan fingerprint density at radius 3 is 2.38 bits per heavy atom. The number of hydrogen-bond donors (Lipinski definition) is 0. The van der Waals surface area contributed by atoms with Crippen LogP contribution in [0.1, 0.15) is 42.1 Å². The molecule has 0 radical (unpaired) electrons. The number of benzene rings is 2. The first-order chi connectivity index (χ1) is 11.5. The summed E-state index contributed by atoms with van der Waals surface area (Å²) < 4.78 is 19.7. The van der Waals surface area contributed by atoms with Gasteiger partial charge in [0.2, 0.25) is 0 Å². The van der Waals surface area contributed by atoms with Crippen molar-refractivity contribution in [1.82, 2.24) is 4.90 Å². The van der Waals surface area contributed by atoms with Crippen LogP contribution in [0.15, 0.2) is 42.5 Å². The molecule has 24 heavy (non-hydrogen) atoms. The van der Waals surface area contributed by atoms with E-state index >= 15 is 0 Å². The van der Waals surface area contributed by atoms with Crippen molar-refractivity contribution in [3.63, 3.8) is 0 Å². The minimum Gasteiger partial charge on any atom is -0.454 e. The van der Waals surface area contributed by atoms with Crippen LogP contribution in [0.3, 0.4) is 0 Å². The molecule has 0 aliphatic carbocycles. The van der Waals surface area contributed by atoms with E-state index in [1.54, 1.807) is 20.2 Å². The molecule has 1 amide bonds. The van der Waals surface area contributed by atoms with Gasteiger partial charge in [-0.05, 0) is 48.7 Å².